The largest absolute Gasteiger partial charge is 0.337 e. The molecule has 112 valence electrons. The van der Waals surface area contributed by atoms with Gasteiger partial charge in [0.05, 0.1) is 5.01 Å². The van der Waals surface area contributed by atoms with Gasteiger partial charge in [-0.1, -0.05) is 20.8 Å². The highest BCUT2D eigenvalue weighted by Gasteiger charge is 2.26. The third kappa shape index (κ3) is 3.95. The molecule has 1 saturated heterocycles. The summed E-state index contributed by atoms with van der Waals surface area (Å²) in [5.74, 6) is 0.533. The van der Waals surface area contributed by atoms with E-state index >= 15 is 0 Å². The number of urea groups is 1. The number of amides is 2. The average Bonchev–Trinajstić information content (AvgIpc) is 2.99. The van der Waals surface area contributed by atoms with Crippen molar-refractivity contribution in [3.8, 4) is 0 Å². The summed E-state index contributed by atoms with van der Waals surface area (Å²) in [6.07, 6.45) is 4.99. The Morgan fingerprint density at radius 1 is 1.50 bits per heavy atom. The van der Waals surface area contributed by atoms with E-state index in [1.165, 1.54) is 5.01 Å². The fraction of sp³-hybridized carbons (Fsp3) is 0.733. The quantitative estimate of drug-likeness (QED) is 0.924. The van der Waals surface area contributed by atoms with E-state index in [-0.39, 0.29) is 11.4 Å². The second-order valence-electron chi connectivity index (χ2n) is 6.31. The molecule has 5 heteroatoms. The molecule has 0 atom stereocenters. The number of nitrogens with one attached hydrogen (secondary N) is 1. The van der Waals surface area contributed by atoms with Gasteiger partial charge in [0.15, 0.2) is 0 Å². The van der Waals surface area contributed by atoms with Gasteiger partial charge in [-0.25, -0.2) is 9.78 Å². The molecule has 2 rings (SSSR count). The standard InChI is InChI=1S/C15H25N3OS/c1-4-15(2,3)11-17-14(19)18-8-5-12(6-9-18)13-16-7-10-20-13/h7,10,12H,4-6,8-9,11H2,1-3H3,(H,17,19). The van der Waals surface area contributed by atoms with Crippen molar-refractivity contribution in [2.45, 2.75) is 46.0 Å². The number of hydrogen-bond acceptors (Lipinski definition) is 3. The van der Waals surface area contributed by atoms with Gasteiger partial charge in [-0.2, -0.15) is 0 Å². The topological polar surface area (TPSA) is 45.2 Å². The lowest BCUT2D eigenvalue weighted by Gasteiger charge is -2.32. The van der Waals surface area contributed by atoms with E-state index in [0.29, 0.717) is 5.92 Å². The molecule has 1 aliphatic rings. The zero-order chi connectivity index (χ0) is 14.6. The van der Waals surface area contributed by atoms with E-state index in [0.717, 1.165) is 38.9 Å². The maximum atomic E-state index is 12.2. The lowest BCUT2D eigenvalue weighted by Crippen LogP contribution is -2.46. The number of rotatable bonds is 4. The second kappa shape index (κ2) is 6.57. The van der Waals surface area contributed by atoms with Crippen molar-refractivity contribution in [2.24, 2.45) is 5.41 Å². The van der Waals surface area contributed by atoms with Crippen LogP contribution in [0.3, 0.4) is 0 Å². The van der Waals surface area contributed by atoms with Crippen molar-refractivity contribution in [3.63, 3.8) is 0 Å². The Hall–Kier alpha value is -1.10. The van der Waals surface area contributed by atoms with E-state index in [1.54, 1.807) is 11.3 Å². The first-order chi connectivity index (χ1) is 9.52. The molecule has 1 aromatic heterocycles. The van der Waals surface area contributed by atoms with E-state index in [4.69, 9.17) is 0 Å². The molecule has 0 unspecified atom stereocenters. The number of likely N-dealkylation sites (tertiary alicyclic amines) is 1. The van der Waals surface area contributed by atoms with Crippen LogP contribution in [0, 0.1) is 5.41 Å². The predicted octanol–water partition coefficient (Wildman–Crippen LogP) is 3.47. The number of piperidine rings is 1. The Morgan fingerprint density at radius 3 is 2.75 bits per heavy atom. The number of thiazole rings is 1. The van der Waals surface area contributed by atoms with Crippen LogP contribution in [0.25, 0.3) is 0 Å². The van der Waals surface area contributed by atoms with Crippen LogP contribution < -0.4 is 5.32 Å². The number of aromatic nitrogens is 1. The molecule has 0 aromatic carbocycles. The molecule has 0 saturated carbocycles. The van der Waals surface area contributed by atoms with Crippen molar-refractivity contribution in [2.75, 3.05) is 19.6 Å². The highest BCUT2D eigenvalue weighted by molar-refractivity contribution is 7.09. The molecule has 1 fully saturated rings. The monoisotopic (exact) mass is 295 g/mol. The summed E-state index contributed by atoms with van der Waals surface area (Å²) in [5, 5.41) is 6.32. The van der Waals surface area contributed by atoms with Crippen molar-refractivity contribution in [1.29, 1.82) is 0 Å². The first-order valence-corrected chi connectivity index (χ1v) is 8.32. The van der Waals surface area contributed by atoms with Crippen LogP contribution in [0.15, 0.2) is 11.6 Å². The number of carbonyl (C=O) groups is 1. The molecule has 2 heterocycles. The number of carbonyl (C=O) groups excluding carboxylic acids is 1. The third-order valence-electron chi connectivity index (χ3n) is 4.26. The van der Waals surface area contributed by atoms with E-state index < -0.39 is 0 Å². The Balaban J connectivity index is 1.77. The highest BCUT2D eigenvalue weighted by atomic mass is 32.1. The summed E-state index contributed by atoms with van der Waals surface area (Å²) in [7, 11) is 0. The van der Waals surface area contributed by atoms with Gasteiger partial charge in [0.2, 0.25) is 0 Å². The van der Waals surface area contributed by atoms with Crippen LogP contribution in [0.5, 0.6) is 0 Å². The molecule has 0 spiro atoms. The minimum Gasteiger partial charge on any atom is -0.337 e. The smallest absolute Gasteiger partial charge is 0.317 e. The van der Waals surface area contributed by atoms with Gasteiger partial charge in [0, 0.05) is 37.1 Å². The third-order valence-corrected chi connectivity index (χ3v) is 5.20. The van der Waals surface area contributed by atoms with Gasteiger partial charge >= 0.3 is 6.03 Å². The summed E-state index contributed by atoms with van der Waals surface area (Å²) in [5.41, 5.74) is 0.175. The van der Waals surface area contributed by atoms with Crippen LogP contribution in [0.2, 0.25) is 0 Å². The summed E-state index contributed by atoms with van der Waals surface area (Å²) >= 11 is 1.73. The average molecular weight is 295 g/mol. The first-order valence-electron chi connectivity index (χ1n) is 7.44. The maximum absolute atomic E-state index is 12.2. The summed E-state index contributed by atoms with van der Waals surface area (Å²) in [6.45, 7) is 8.94. The van der Waals surface area contributed by atoms with E-state index in [1.807, 2.05) is 16.5 Å². The Labute approximate surface area is 125 Å². The molecule has 1 N–H and O–H groups in total. The SMILES string of the molecule is CCC(C)(C)CNC(=O)N1CCC(c2nccs2)CC1. The molecule has 4 nitrogen and oxygen atoms in total. The molecule has 1 aromatic rings. The number of nitrogens with zero attached hydrogens (tertiary/aromatic N) is 2. The molecule has 0 bridgehead atoms. The fourth-order valence-corrected chi connectivity index (χ4v) is 3.13. The number of hydrogen-bond donors (Lipinski definition) is 1. The lowest BCUT2D eigenvalue weighted by molar-refractivity contribution is 0.175. The minimum atomic E-state index is 0.0871. The van der Waals surface area contributed by atoms with Crippen LogP contribution in [0.4, 0.5) is 4.79 Å². The molecule has 2 amide bonds. The van der Waals surface area contributed by atoms with Crippen LogP contribution in [0.1, 0.15) is 51.0 Å². The zero-order valence-corrected chi connectivity index (χ0v) is 13.5. The molecule has 20 heavy (non-hydrogen) atoms. The Kier molecular flexibility index (Phi) is 5.02. The molecule has 0 aliphatic carbocycles. The lowest BCUT2D eigenvalue weighted by atomic mass is 9.90. The second-order valence-corrected chi connectivity index (χ2v) is 7.23. The van der Waals surface area contributed by atoms with Gasteiger partial charge in [-0.05, 0) is 24.7 Å². The van der Waals surface area contributed by atoms with Crippen molar-refractivity contribution < 1.29 is 4.79 Å². The van der Waals surface area contributed by atoms with Crippen molar-refractivity contribution in [1.82, 2.24) is 15.2 Å². The molecular formula is C15H25N3OS. The molecule has 0 radical (unpaired) electrons. The summed E-state index contributed by atoms with van der Waals surface area (Å²) in [6, 6.07) is 0.0871. The van der Waals surface area contributed by atoms with Crippen molar-refractivity contribution >= 4 is 17.4 Å². The van der Waals surface area contributed by atoms with E-state index in [9.17, 15) is 4.79 Å². The van der Waals surface area contributed by atoms with Gasteiger partial charge in [-0.15, -0.1) is 11.3 Å². The molecule has 1 aliphatic heterocycles. The van der Waals surface area contributed by atoms with Crippen LogP contribution in [-0.2, 0) is 0 Å². The molecular weight excluding hydrogens is 270 g/mol. The fourth-order valence-electron chi connectivity index (χ4n) is 2.32. The van der Waals surface area contributed by atoms with Gasteiger partial charge in [-0.3, -0.25) is 0 Å². The Morgan fingerprint density at radius 2 is 2.20 bits per heavy atom. The van der Waals surface area contributed by atoms with Gasteiger partial charge in [0.1, 0.15) is 0 Å². The van der Waals surface area contributed by atoms with Gasteiger partial charge in [0.25, 0.3) is 0 Å². The first kappa shape index (κ1) is 15.3. The van der Waals surface area contributed by atoms with E-state index in [2.05, 4.69) is 31.1 Å². The zero-order valence-electron chi connectivity index (χ0n) is 12.7. The predicted molar refractivity (Wildman–Crippen MR) is 83.1 cm³/mol. The minimum absolute atomic E-state index is 0.0871. The summed E-state index contributed by atoms with van der Waals surface area (Å²) in [4.78, 5) is 18.5. The van der Waals surface area contributed by atoms with Crippen LogP contribution in [-0.4, -0.2) is 35.5 Å². The normalized spacial score (nSPS) is 17.2. The summed E-state index contributed by atoms with van der Waals surface area (Å²) < 4.78 is 0. The van der Waals surface area contributed by atoms with Crippen LogP contribution >= 0.6 is 11.3 Å². The van der Waals surface area contributed by atoms with Gasteiger partial charge < -0.3 is 10.2 Å². The maximum Gasteiger partial charge on any atom is 0.317 e. The highest BCUT2D eigenvalue weighted by Crippen LogP contribution is 2.29. The van der Waals surface area contributed by atoms with Crippen molar-refractivity contribution in [3.05, 3.63) is 16.6 Å². The Bertz CT molecular complexity index is 422.